The van der Waals surface area contributed by atoms with Gasteiger partial charge in [-0.25, -0.2) is 0 Å². The third-order valence-electron chi connectivity index (χ3n) is 2.28. The molecule has 1 rings (SSSR count). The van der Waals surface area contributed by atoms with Gasteiger partial charge in [0.2, 0.25) is 0 Å². The van der Waals surface area contributed by atoms with Crippen molar-refractivity contribution in [2.75, 3.05) is 20.1 Å². The first kappa shape index (κ1) is 13.4. The van der Waals surface area contributed by atoms with Gasteiger partial charge in [-0.2, -0.15) is 0 Å². The lowest BCUT2D eigenvalue weighted by atomic mass is 10.1. The minimum absolute atomic E-state index is 0.00736. The topological polar surface area (TPSA) is 41.1 Å². The third-order valence-corrected chi connectivity index (χ3v) is 3.22. The average Bonchev–Trinajstić information content (AvgIpc) is 2.27. The van der Waals surface area contributed by atoms with E-state index >= 15 is 0 Å². The number of hydrogen-bond acceptors (Lipinski definition) is 2. The van der Waals surface area contributed by atoms with Crippen molar-refractivity contribution in [3.63, 3.8) is 0 Å². The van der Waals surface area contributed by atoms with Gasteiger partial charge in [0, 0.05) is 10.1 Å². The number of benzene rings is 1. The SMILES string of the molecule is CNCC(C)CNC(=O)c1ccccc1I. The number of amides is 1. The average molecular weight is 332 g/mol. The Bertz CT molecular complexity index is 355. The van der Waals surface area contributed by atoms with Crippen LogP contribution < -0.4 is 10.6 Å². The molecule has 1 aromatic carbocycles. The Morgan fingerprint density at radius 3 is 2.69 bits per heavy atom. The molecular weight excluding hydrogens is 315 g/mol. The van der Waals surface area contributed by atoms with Crippen LogP contribution in [0.1, 0.15) is 17.3 Å². The number of nitrogens with one attached hydrogen (secondary N) is 2. The number of halogens is 1. The fourth-order valence-corrected chi connectivity index (χ4v) is 2.06. The van der Waals surface area contributed by atoms with Crippen LogP contribution in [0.15, 0.2) is 24.3 Å². The van der Waals surface area contributed by atoms with Crippen molar-refractivity contribution in [3.05, 3.63) is 33.4 Å². The molecule has 1 aromatic rings. The Morgan fingerprint density at radius 1 is 1.38 bits per heavy atom. The van der Waals surface area contributed by atoms with Gasteiger partial charge in [0.15, 0.2) is 0 Å². The lowest BCUT2D eigenvalue weighted by Crippen LogP contribution is -2.32. The molecule has 4 heteroatoms. The first-order valence-corrected chi connectivity index (χ1v) is 6.40. The van der Waals surface area contributed by atoms with E-state index in [0.717, 1.165) is 15.7 Å². The van der Waals surface area contributed by atoms with Crippen molar-refractivity contribution in [2.24, 2.45) is 5.92 Å². The molecule has 2 N–H and O–H groups in total. The molecule has 0 aromatic heterocycles. The lowest BCUT2D eigenvalue weighted by Gasteiger charge is -2.12. The Kier molecular flexibility index (Phi) is 5.76. The molecule has 0 aliphatic heterocycles. The molecule has 0 spiro atoms. The maximum absolute atomic E-state index is 11.8. The Hall–Kier alpha value is -0.620. The van der Waals surface area contributed by atoms with E-state index in [0.29, 0.717) is 12.5 Å². The largest absolute Gasteiger partial charge is 0.352 e. The van der Waals surface area contributed by atoms with E-state index in [4.69, 9.17) is 0 Å². The molecule has 3 nitrogen and oxygen atoms in total. The molecule has 0 aliphatic rings. The standard InChI is InChI=1S/C12H17IN2O/c1-9(7-14-2)8-15-12(16)10-5-3-4-6-11(10)13/h3-6,9,14H,7-8H2,1-2H3,(H,15,16). The molecule has 0 aliphatic carbocycles. The van der Waals surface area contributed by atoms with Gasteiger partial charge >= 0.3 is 0 Å². The molecule has 0 radical (unpaired) electrons. The second-order valence-electron chi connectivity index (χ2n) is 3.85. The third kappa shape index (κ3) is 4.09. The molecule has 16 heavy (non-hydrogen) atoms. The van der Waals surface area contributed by atoms with E-state index in [2.05, 4.69) is 40.1 Å². The highest BCUT2D eigenvalue weighted by Gasteiger charge is 2.09. The molecular formula is C12H17IN2O. The highest BCUT2D eigenvalue weighted by Crippen LogP contribution is 2.11. The van der Waals surface area contributed by atoms with Crippen molar-refractivity contribution in [1.82, 2.24) is 10.6 Å². The first-order chi connectivity index (χ1) is 7.65. The second kappa shape index (κ2) is 6.85. The van der Waals surface area contributed by atoms with E-state index in [1.807, 2.05) is 31.3 Å². The highest BCUT2D eigenvalue weighted by molar-refractivity contribution is 14.1. The molecule has 0 saturated heterocycles. The van der Waals surface area contributed by atoms with Gasteiger partial charge in [0.1, 0.15) is 0 Å². The monoisotopic (exact) mass is 332 g/mol. The molecule has 0 fully saturated rings. The van der Waals surface area contributed by atoms with Gasteiger partial charge in [-0.05, 0) is 54.2 Å². The van der Waals surface area contributed by atoms with Crippen LogP contribution in [0.4, 0.5) is 0 Å². The Morgan fingerprint density at radius 2 is 2.06 bits per heavy atom. The molecule has 0 saturated carbocycles. The van der Waals surface area contributed by atoms with E-state index in [9.17, 15) is 4.79 Å². The van der Waals surface area contributed by atoms with Gasteiger partial charge in [-0.15, -0.1) is 0 Å². The van der Waals surface area contributed by atoms with E-state index in [1.54, 1.807) is 0 Å². The number of carbonyl (C=O) groups excluding carboxylic acids is 1. The van der Waals surface area contributed by atoms with E-state index < -0.39 is 0 Å². The van der Waals surface area contributed by atoms with Crippen LogP contribution in [0.3, 0.4) is 0 Å². The maximum Gasteiger partial charge on any atom is 0.252 e. The summed E-state index contributed by atoms with van der Waals surface area (Å²) in [5, 5.41) is 6.03. The Labute approximate surface area is 110 Å². The molecule has 0 heterocycles. The second-order valence-corrected chi connectivity index (χ2v) is 5.01. The van der Waals surface area contributed by atoms with Crippen molar-refractivity contribution in [2.45, 2.75) is 6.92 Å². The van der Waals surface area contributed by atoms with Gasteiger partial charge in [0.05, 0.1) is 5.56 Å². The van der Waals surface area contributed by atoms with Gasteiger partial charge < -0.3 is 10.6 Å². The van der Waals surface area contributed by atoms with Crippen LogP contribution in [0.5, 0.6) is 0 Å². The van der Waals surface area contributed by atoms with Crippen LogP contribution in [0.25, 0.3) is 0 Å². The van der Waals surface area contributed by atoms with Gasteiger partial charge in [-0.1, -0.05) is 19.1 Å². The number of carbonyl (C=O) groups is 1. The van der Waals surface area contributed by atoms with Crippen LogP contribution in [0, 0.1) is 9.49 Å². The van der Waals surface area contributed by atoms with Crippen LogP contribution in [-0.4, -0.2) is 26.0 Å². The predicted octanol–water partition coefficient (Wildman–Crippen LogP) is 1.88. The normalized spacial score (nSPS) is 12.2. The maximum atomic E-state index is 11.8. The zero-order chi connectivity index (χ0) is 12.0. The summed E-state index contributed by atoms with van der Waals surface area (Å²) >= 11 is 2.18. The quantitative estimate of drug-likeness (QED) is 0.809. The number of hydrogen-bond donors (Lipinski definition) is 2. The fourth-order valence-electron chi connectivity index (χ4n) is 1.43. The van der Waals surface area contributed by atoms with Crippen LogP contribution in [-0.2, 0) is 0 Å². The summed E-state index contributed by atoms with van der Waals surface area (Å²) in [5.74, 6) is 0.447. The van der Waals surface area contributed by atoms with Crippen LogP contribution >= 0.6 is 22.6 Å². The van der Waals surface area contributed by atoms with Gasteiger partial charge in [-0.3, -0.25) is 4.79 Å². The smallest absolute Gasteiger partial charge is 0.252 e. The predicted molar refractivity (Wildman–Crippen MR) is 74.6 cm³/mol. The van der Waals surface area contributed by atoms with Crippen LogP contribution in [0.2, 0.25) is 0 Å². The molecule has 1 amide bonds. The zero-order valence-electron chi connectivity index (χ0n) is 9.59. The highest BCUT2D eigenvalue weighted by atomic mass is 127. The zero-order valence-corrected chi connectivity index (χ0v) is 11.7. The molecule has 1 atom stereocenters. The van der Waals surface area contributed by atoms with Gasteiger partial charge in [0.25, 0.3) is 5.91 Å². The summed E-state index contributed by atoms with van der Waals surface area (Å²) in [5.41, 5.74) is 0.750. The van der Waals surface area contributed by atoms with E-state index in [-0.39, 0.29) is 5.91 Å². The minimum atomic E-state index is 0.00736. The first-order valence-electron chi connectivity index (χ1n) is 5.32. The summed E-state index contributed by atoms with van der Waals surface area (Å²) in [7, 11) is 1.92. The molecule has 88 valence electrons. The lowest BCUT2D eigenvalue weighted by molar-refractivity contribution is 0.0947. The molecule has 1 unspecified atom stereocenters. The van der Waals surface area contributed by atoms with Crippen molar-refractivity contribution >= 4 is 28.5 Å². The number of rotatable bonds is 5. The van der Waals surface area contributed by atoms with E-state index in [1.165, 1.54) is 0 Å². The summed E-state index contributed by atoms with van der Waals surface area (Å²) in [6, 6.07) is 7.60. The summed E-state index contributed by atoms with van der Waals surface area (Å²) in [4.78, 5) is 11.8. The Balaban J connectivity index is 2.50. The minimum Gasteiger partial charge on any atom is -0.352 e. The summed E-state index contributed by atoms with van der Waals surface area (Å²) < 4.78 is 0.985. The molecule has 0 bridgehead atoms. The van der Waals surface area contributed by atoms with Crippen molar-refractivity contribution in [1.29, 1.82) is 0 Å². The van der Waals surface area contributed by atoms with Crippen molar-refractivity contribution in [3.8, 4) is 0 Å². The summed E-state index contributed by atoms with van der Waals surface area (Å²) in [6.45, 7) is 3.71. The van der Waals surface area contributed by atoms with Crippen molar-refractivity contribution < 1.29 is 4.79 Å². The fraction of sp³-hybridized carbons (Fsp3) is 0.417. The summed E-state index contributed by atoms with van der Waals surface area (Å²) in [6.07, 6.45) is 0.